The molecule has 0 aliphatic heterocycles. The molecule has 9 heteroatoms. The highest BCUT2D eigenvalue weighted by Crippen LogP contribution is 2.29. The Bertz CT molecular complexity index is 1300. The molecule has 1 amide bonds. The number of anilines is 1. The van der Waals surface area contributed by atoms with E-state index in [4.69, 9.17) is 13.9 Å². The first kappa shape index (κ1) is 23.6. The molecule has 0 fully saturated rings. The minimum Gasteiger partial charge on any atom is -0.456 e. The Kier molecular flexibility index (Phi) is 7.47. The predicted octanol–water partition coefficient (Wildman–Crippen LogP) is 5.53. The largest absolute Gasteiger partial charge is 0.456 e. The number of esters is 1. The number of rotatable bonds is 9. The van der Waals surface area contributed by atoms with Crippen molar-refractivity contribution >= 4 is 17.6 Å². The summed E-state index contributed by atoms with van der Waals surface area (Å²) >= 11 is 0. The average Bonchev–Trinajstić information content (AvgIpc) is 3.32. The maximum absolute atomic E-state index is 13.9. The highest BCUT2D eigenvalue weighted by Gasteiger charge is 2.17. The third-order valence-corrected chi connectivity index (χ3v) is 4.80. The first-order valence-electron chi connectivity index (χ1n) is 10.7. The summed E-state index contributed by atoms with van der Waals surface area (Å²) in [5.74, 6) is -1.71. The van der Waals surface area contributed by atoms with E-state index in [9.17, 15) is 18.4 Å². The molecule has 0 aliphatic carbocycles. The van der Waals surface area contributed by atoms with Crippen molar-refractivity contribution in [2.24, 2.45) is 0 Å². The average molecular weight is 478 g/mol. The van der Waals surface area contributed by atoms with Gasteiger partial charge >= 0.3 is 5.97 Å². The number of nitrogens with zero attached hydrogens (tertiary/aromatic N) is 1. The van der Waals surface area contributed by atoms with E-state index in [0.29, 0.717) is 17.2 Å². The fourth-order valence-electron chi connectivity index (χ4n) is 3.16. The fraction of sp³-hybridized carbons (Fsp3) is 0.115. The van der Waals surface area contributed by atoms with Crippen LogP contribution in [0.5, 0.6) is 11.5 Å². The van der Waals surface area contributed by atoms with Gasteiger partial charge in [-0.15, -0.1) is 0 Å². The Morgan fingerprint density at radius 3 is 2.40 bits per heavy atom. The van der Waals surface area contributed by atoms with Crippen molar-refractivity contribution in [1.29, 1.82) is 0 Å². The van der Waals surface area contributed by atoms with Crippen LogP contribution in [0.15, 0.2) is 83.4 Å². The number of amides is 1. The van der Waals surface area contributed by atoms with Crippen LogP contribution in [-0.4, -0.2) is 23.5 Å². The van der Waals surface area contributed by atoms with Gasteiger partial charge in [-0.05, 0) is 36.4 Å². The number of oxazole rings is 1. The summed E-state index contributed by atoms with van der Waals surface area (Å²) in [7, 11) is 0. The van der Waals surface area contributed by atoms with Crippen LogP contribution in [0.1, 0.15) is 12.3 Å². The molecule has 0 saturated heterocycles. The van der Waals surface area contributed by atoms with Crippen molar-refractivity contribution in [2.75, 3.05) is 11.9 Å². The summed E-state index contributed by atoms with van der Waals surface area (Å²) in [6.45, 7) is -0.504. The number of halogens is 2. The number of ether oxygens (including phenoxy) is 2. The lowest BCUT2D eigenvalue weighted by molar-refractivity contribution is -0.147. The monoisotopic (exact) mass is 478 g/mol. The van der Waals surface area contributed by atoms with Crippen LogP contribution >= 0.6 is 0 Å². The summed E-state index contributed by atoms with van der Waals surface area (Å²) in [6.07, 6.45) is 1.08. The summed E-state index contributed by atoms with van der Waals surface area (Å²) in [5, 5.41) is 2.65. The van der Waals surface area contributed by atoms with Crippen molar-refractivity contribution in [3.05, 3.63) is 96.5 Å². The highest BCUT2D eigenvalue weighted by atomic mass is 19.1. The molecule has 0 radical (unpaired) electrons. The lowest BCUT2D eigenvalue weighted by Crippen LogP contribution is -2.21. The van der Waals surface area contributed by atoms with Gasteiger partial charge in [0, 0.05) is 6.42 Å². The second kappa shape index (κ2) is 11.1. The predicted molar refractivity (Wildman–Crippen MR) is 123 cm³/mol. The van der Waals surface area contributed by atoms with Crippen LogP contribution in [0.4, 0.5) is 14.5 Å². The number of benzene rings is 3. The molecule has 0 unspecified atom stereocenters. The van der Waals surface area contributed by atoms with Gasteiger partial charge in [-0.2, -0.15) is 0 Å². The number of carbonyl (C=O) groups excluding carboxylic acids is 2. The van der Waals surface area contributed by atoms with Crippen molar-refractivity contribution in [2.45, 2.75) is 12.8 Å². The Hall–Kier alpha value is -4.53. The zero-order chi connectivity index (χ0) is 24.6. The van der Waals surface area contributed by atoms with E-state index < -0.39 is 30.1 Å². The quantitative estimate of drug-likeness (QED) is 0.318. The third kappa shape index (κ3) is 6.29. The van der Waals surface area contributed by atoms with E-state index in [1.54, 1.807) is 36.4 Å². The number of hydrogen-bond acceptors (Lipinski definition) is 6. The Labute approximate surface area is 199 Å². The zero-order valence-corrected chi connectivity index (χ0v) is 18.4. The van der Waals surface area contributed by atoms with Gasteiger partial charge < -0.3 is 19.2 Å². The SMILES string of the molecule is O=C(COC(=O)CCc1ncc(-c2c(F)cccc2F)o1)Nc1ccccc1Oc1ccccc1. The maximum Gasteiger partial charge on any atom is 0.306 e. The van der Waals surface area contributed by atoms with E-state index in [1.165, 1.54) is 12.3 Å². The summed E-state index contributed by atoms with van der Waals surface area (Å²) in [4.78, 5) is 28.3. The van der Waals surface area contributed by atoms with Gasteiger partial charge in [0.25, 0.3) is 5.91 Å². The number of nitrogens with one attached hydrogen (secondary N) is 1. The summed E-state index contributed by atoms with van der Waals surface area (Å²) in [5.41, 5.74) is 0.0899. The van der Waals surface area contributed by atoms with Crippen LogP contribution < -0.4 is 10.1 Å². The van der Waals surface area contributed by atoms with Crippen LogP contribution in [0.25, 0.3) is 11.3 Å². The topological polar surface area (TPSA) is 90.7 Å². The van der Waals surface area contributed by atoms with Crippen molar-refractivity contribution in [3.8, 4) is 22.8 Å². The molecule has 0 bridgehead atoms. The standard InChI is InChI=1S/C26H20F2N2O5/c27-18-9-6-10-19(28)26(18)22-15-29-24(35-22)13-14-25(32)33-16-23(31)30-20-11-4-5-12-21(20)34-17-7-2-1-3-8-17/h1-12,15H,13-14,16H2,(H,30,31). The van der Waals surface area contributed by atoms with Crippen LogP contribution in [0, 0.1) is 11.6 Å². The molecule has 4 aromatic rings. The molecule has 35 heavy (non-hydrogen) atoms. The number of carbonyl (C=O) groups is 2. The number of aryl methyl sites for hydroxylation is 1. The number of hydrogen-bond donors (Lipinski definition) is 1. The molecule has 7 nitrogen and oxygen atoms in total. The van der Waals surface area contributed by atoms with Crippen LogP contribution in [-0.2, 0) is 20.7 Å². The number of para-hydroxylation sites is 3. The third-order valence-electron chi connectivity index (χ3n) is 4.80. The molecular weight excluding hydrogens is 458 g/mol. The van der Waals surface area contributed by atoms with E-state index >= 15 is 0 Å². The second-order valence-corrected chi connectivity index (χ2v) is 7.34. The molecule has 178 valence electrons. The van der Waals surface area contributed by atoms with Crippen molar-refractivity contribution < 1.29 is 32.3 Å². The van der Waals surface area contributed by atoms with Gasteiger partial charge in [0.2, 0.25) is 0 Å². The van der Waals surface area contributed by atoms with Crippen LogP contribution in [0.3, 0.4) is 0 Å². The fourth-order valence-corrected chi connectivity index (χ4v) is 3.16. The van der Waals surface area contributed by atoms with Crippen molar-refractivity contribution in [3.63, 3.8) is 0 Å². The summed E-state index contributed by atoms with van der Waals surface area (Å²) in [6, 6.07) is 19.4. The first-order valence-corrected chi connectivity index (χ1v) is 10.7. The highest BCUT2D eigenvalue weighted by molar-refractivity contribution is 5.94. The van der Waals surface area contributed by atoms with E-state index in [2.05, 4.69) is 10.3 Å². The van der Waals surface area contributed by atoms with E-state index in [1.807, 2.05) is 18.2 Å². The Morgan fingerprint density at radius 1 is 0.914 bits per heavy atom. The first-order chi connectivity index (χ1) is 17.0. The van der Waals surface area contributed by atoms with Gasteiger partial charge in [0.05, 0.1) is 23.9 Å². The lowest BCUT2D eigenvalue weighted by atomic mass is 10.1. The Morgan fingerprint density at radius 2 is 1.63 bits per heavy atom. The molecule has 4 rings (SSSR count). The number of aromatic nitrogens is 1. The molecule has 1 heterocycles. The molecule has 0 aliphatic rings. The smallest absolute Gasteiger partial charge is 0.306 e. The van der Waals surface area contributed by atoms with Crippen LogP contribution in [0.2, 0.25) is 0 Å². The zero-order valence-electron chi connectivity index (χ0n) is 18.4. The van der Waals surface area contributed by atoms with E-state index in [-0.39, 0.29) is 30.1 Å². The molecule has 0 atom stereocenters. The molecular formula is C26H20F2N2O5. The van der Waals surface area contributed by atoms with Gasteiger partial charge in [-0.25, -0.2) is 13.8 Å². The molecule has 1 N–H and O–H groups in total. The molecule has 1 aromatic heterocycles. The second-order valence-electron chi connectivity index (χ2n) is 7.34. The minimum absolute atomic E-state index is 0.0320. The van der Waals surface area contributed by atoms with Gasteiger partial charge in [-0.1, -0.05) is 36.4 Å². The minimum atomic E-state index is -0.783. The van der Waals surface area contributed by atoms with Gasteiger partial charge in [-0.3, -0.25) is 9.59 Å². The maximum atomic E-state index is 13.9. The normalized spacial score (nSPS) is 10.6. The van der Waals surface area contributed by atoms with E-state index in [0.717, 1.165) is 12.1 Å². The van der Waals surface area contributed by atoms with Crippen molar-refractivity contribution in [1.82, 2.24) is 4.98 Å². The van der Waals surface area contributed by atoms with Gasteiger partial charge in [0.15, 0.2) is 24.0 Å². The molecule has 0 spiro atoms. The van der Waals surface area contributed by atoms with Gasteiger partial charge in [0.1, 0.15) is 17.4 Å². The molecule has 0 saturated carbocycles. The molecule has 3 aromatic carbocycles. The summed E-state index contributed by atoms with van der Waals surface area (Å²) < 4.78 is 43.9. The lowest BCUT2D eigenvalue weighted by Gasteiger charge is -2.12. The Balaban J connectivity index is 1.26.